The first kappa shape index (κ1) is 10.3. The van der Waals surface area contributed by atoms with E-state index in [9.17, 15) is 4.79 Å². The molecule has 0 bridgehead atoms. The van der Waals surface area contributed by atoms with Gasteiger partial charge in [-0.15, -0.1) is 0 Å². The first-order chi connectivity index (χ1) is 6.22. The van der Waals surface area contributed by atoms with Crippen molar-refractivity contribution < 1.29 is 4.79 Å². The van der Waals surface area contributed by atoms with Crippen LogP contribution in [-0.4, -0.2) is 12.5 Å². The second kappa shape index (κ2) is 5.06. The van der Waals surface area contributed by atoms with Crippen molar-refractivity contribution in [3.63, 3.8) is 0 Å². The quantitative estimate of drug-likeness (QED) is 0.659. The predicted octanol–water partition coefficient (Wildman–Crippen LogP) is 1.87. The van der Waals surface area contributed by atoms with Crippen LogP contribution in [0.4, 0.5) is 5.69 Å². The molecule has 0 fully saturated rings. The molecule has 0 aliphatic rings. The predicted molar refractivity (Wildman–Crippen MR) is 61.8 cm³/mol. The van der Waals surface area contributed by atoms with Crippen LogP contribution in [0.25, 0.3) is 0 Å². The van der Waals surface area contributed by atoms with E-state index in [0.717, 1.165) is 5.69 Å². The molecule has 0 unspecified atom stereocenters. The fourth-order valence-corrected chi connectivity index (χ4v) is 1.08. The molecule has 0 heterocycles. The molecular weight excluding hydrogens is 279 g/mol. The molecule has 4 heteroatoms. The minimum atomic E-state index is -0.0267. The van der Waals surface area contributed by atoms with Crippen LogP contribution in [0.5, 0.6) is 0 Å². The number of nitrogens with one attached hydrogen (secondary N) is 2. The van der Waals surface area contributed by atoms with E-state index in [1.165, 1.54) is 5.56 Å². The smallest absolute Gasteiger partial charge is 0.247 e. The first-order valence-electron chi connectivity index (χ1n) is 3.92. The Morgan fingerprint density at radius 3 is 2.54 bits per heavy atom. The molecule has 0 saturated heterocycles. The Hall–Kier alpha value is -0.780. The Morgan fingerprint density at radius 2 is 2.00 bits per heavy atom. The normalized spacial score (nSPS) is 9.38. The van der Waals surface area contributed by atoms with Gasteiger partial charge in [0.15, 0.2) is 0 Å². The number of hydrogen-bond donors (Lipinski definition) is 2. The maximum Gasteiger partial charge on any atom is 0.247 e. The summed E-state index contributed by atoms with van der Waals surface area (Å²) in [5.41, 5.74) is 2.18. The van der Waals surface area contributed by atoms with Crippen LogP contribution in [0.15, 0.2) is 24.3 Å². The van der Waals surface area contributed by atoms with E-state index < -0.39 is 0 Å². The maximum absolute atomic E-state index is 10.9. The lowest BCUT2D eigenvalue weighted by Gasteiger charge is -2.04. The second-order valence-electron chi connectivity index (χ2n) is 2.74. The SMILES string of the molecule is Cc1ccc(NCC(=O)NI)cc1. The van der Waals surface area contributed by atoms with E-state index in [1.807, 2.05) is 54.1 Å². The molecule has 0 aliphatic heterocycles. The van der Waals surface area contributed by atoms with Gasteiger partial charge in [-0.05, 0) is 19.1 Å². The largest absolute Gasteiger partial charge is 0.376 e. The van der Waals surface area contributed by atoms with E-state index in [2.05, 4.69) is 8.85 Å². The third kappa shape index (κ3) is 3.63. The summed E-state index contributed by atoms with van der Waals surface area (Å²) in [6.07, 6.45) is 0. The number of rotatable bonds is 3. The molecule has 0 radical (unpaired) electrons. The third-order valence-electron chi connectivity index (χ3n) is 1.61. The van der Waals surface area contributed by atoms with Gasteiger partial charge in [0.25, 0.3) is 0 Å². The average Bonchev–Trinajstić information content (AvgIpc) is 2.16. The van der Waals surface area contributed by atoms with Gasteiger partial charge in [0.1, 0.15) is 0 Å². The number of benzene rings is 1. The van der Waals surface area contributed by atoms with Crippen molar-refractivity contribution >= 4 is 34.5 Å². The zero-order valence-electron chi connectivity index (χ0n) is 7.30. The van der Waals surface area contributed by atoms with Crippen LogP contribution < -0.4 is 8.85 Å². The molecule has 1 amide bonds. The fraction of sp³-hybridized carbons (Fsp3) is 0.222. The van der Waals surface area contributed by atoms with Crippen molar-refractivity contribution in [2.75, 3.05) is 11.9 Å². The molecule has 1 rings (SSSR count). The van der Waals surface area contributed by atoms with Gasteiger partial charge in [-0.3, -0.25) is 8.32 Å². The highest BCUT2D eigenvalue weighted by molar-refractivity contribution is 14.1. The molecule has 13 heavy (non-hydrogen) atoms. The Morgan fingerprint density at radius 1 is 1.38 bits per heavy atom. The monoisotopic (exact) mass is 290 g/mol. The van der Waals surface area contributed by atoms with Crippen molar-refractivity contribution in [2.45, 2.75) is 6.92 Å². The summed E-state index contributed by atoms with van der Waals surface area (Å²) in [5, 5.41) is 3.01. The zero-order chi connectivity index (χ0) is 9.68. The lowest BCUT2D eigenvalue weighted by Crippen LogP contribution is -2.21. The summed E-state index contributed by atoms with van der Waals surface area (Å²) in [5.74, 6) is -0.0267. The van der Waals surface area contributed by atoms with Crippen molar-refractivity contribution in [3.05, 3.63) is 29.8 Å². The van der Waals surface area contributed by atoms with Crippen LogP contribution >= 0.6 is 22.9 Å². The number of anilines is 1. The molecule has 3 nitrogen and oxygen atoms in total. The van der Waals surface area contributed by atoms with Crippen LogP contribution in [0.3, 0.4) is 0 Å². The number of carbonyl (C=O) groups excluding carboxylic acids is 1. The van der Waals surface area contributed by atoms with Crippen LogP contribution in [0.2, 0.25) is 0 Å². The summed E-state index contributed by atoms with van der Waals surface area (Å²) in [6, 6.07) is 7.92. The highest BCUT2D eigenvalue weighted by Crippen LogP contribution is 2.07. The minimum Gasteiger partial charge on any atom is -0.376 e. The van der Waals surface area contributed by atoms with E-state index in [4.69, 9.17) is 0 Å². The minimum absolute atomic E-state index is 0.0267. The van der Waals surface area contributed by atoms with E-state index >= 15 is 0 Å². The van der Waals surface area contributed by atoms with E-state index in [-0.39, 0.29) is 5.91 Å². The van der Waals surface area contributed by atoms with Gasteiger partial charge in [0.2, 0.25) is 5.91 Å². The lowest BCUT2D eigenvalue weighted by atomic mass is 10.2. The number of hydrogen-bond acceptors (Lipinski definition) is 2. The van der Waals surface area contributed by atoms with Gasteiger partial charge < -0.3 is 5.32 Å². The number of halogens is 1. The Balaban J connectivity index is 2.46. The van der Waals surface area contributed by atoms with E-state index in [1.54, 1.807) is 0 Å². The molecule has 1 aromatic rings. The van der Waals surface area contributed by atoms with Gasteiger partial charge in [-0.2, -0.15) is 0 Å². The van der Waals surface area contributed by atoms with Crippen LogP contribution in [0, 0.1) is 6.92 Å². The zero-order valence-corrected chi connectivity index (χ0v) is 9.46. The highest BCUT2D eigenvalue weighted by Gasteiger charge is 1.97. The first-order valence-corrected chi connectivity index (χ1v) is 5.00. The Kier molecular flexibility index (Phi) is 4.01. The van der Waals surface area contributed by atoms with Gasteiger partial charge in [-0.1, -0.05) is 17.7 Å². The second-order valence-corrected chi connectivity index (χ2v) is 3.28. The highest BCUT2D eigenvalue weighted by atomic mass is 127. The number of carbonyl (C=O) groups is 1. The van der Waals surface area contributed by atoms with E-state index in [0.29, 0.717) is 6.54 Å². The van der Waals surface area contributed by atoms with Crippen molar-refractivity contribution in [1.82, 2.24) is 3.53 Å². The van der Waals surface area contributed by atoms with Gasteiger partial charge in [-0.25, -0.2) is 0 Å². The molecule has 0 atom stereocenters. The van der Waals surface area contributed by atoms with Crippen LogP contribution in [-0.2, 0) is 4.79 Å². The molecule has 0 saturated carbocycles. The average molecular weight is 290 g/mol. The molecule has 0 aliphatic carbocycles. The van der Waals surface area contributed by atoms with Crippen molar-refractivity contribution in [3.8, 4) is 0 Å². The van der Waals surface area contributed by atoms with Crippen molar-refractivity contribution in [2.24, 2.45) is 0 Å². The lowest BCUT2D eigenvalue weighted by molar-refractivity contribution is -0.117. The number of amides is 1. The van der Waals surface area contributed by atoms with Gasteiger partial charge in [0, 0.05) is 5.69 Å². The summed E-state index contributed by atoms with van der Waals surface area (Å²) >= 11 is 1.82. The summed E-state index contributed by atoms with van der Waals surface area (Å²) < 4.78 is 2.52. The molecule has 0 spiro atoms. The topological polar surface area (TPSA) is 41.1 Å². The Bertz CT molecular complexity index is 284. The molecule has 0 aromatic heterocycles. The van der Waals surface area contributed by atoms with Gasteiger partial charge >= 0.3 is 0 Å². The molecular formula is C9H11IN2O. The standard InChI is InChI=1S/C9H11IN2O/c1-7-2-4-8(5-3-7)11-6-9(13)12-10/h2-5,11H,6H2,1H3,(H,12,13). The van der Waals surface area contributed by atoms with Crippen LogP contribution in [0.1, 0.15) is 5.56 Å². The fourth-order valence-electron chi connectivity index (χ4n) is 0.887. The Labute approximate surface area is 91.4 Å². The molecule has 2 N–H and O–H groups in total. The molecule has 1 aromatic carbocycles. The van der Waals surface area contributed by atoms with Crippen molar-refractivity contribution in [1.29, 1.82) is 0 Å². The molecule has 70 valence electrons. The summed E-state index contributed by atoms with van der Waals surface area (Å²) in [4.78, 5) is 10.9. The van der Waals surface area contributed by atoms with Gasteiger partial charge in [0.05, 0.1) is 29.4 Å². The summed E-state index contributed by atoms with van der Waals surface area (Å²) in [6.45, 7) is 2.34. The maximum atomic E-state index is 10.9. The third-order valence-corrected chi connectivity index (χ3v) is 2.21. The number of aryl methyl sites for hydroxylation is 1. The summed E-state index contributed by atoms with van der Waals surface area (Å²) in [7, 11) is 0.